The Balaban J connectivity index is 3.28. The number of ether oxygens (including phenoxy) is 1. The summed E-state index contributed by atoms with van der Waals surface area (Å²) < 4.78 is 30.7. The average molecular weight is 308 g/mol. The van der Waals surface area contributed by atoms with E-state index in [0.29, 0.717) is 0 Å². The Hall–Kier alpha value is -1.47. The zero-order valence-electron chi connectivity index (χ0n) is 10.6. The number of hydrogen-bond acceptors (Lipinski definition) is 4. The molecule has 8 heteroatoms. The molecule has 0 amide bonds. The Morgan fingerprint density at radius 3 is 2.42 bits per heavy atom. The maximum atomic E-state index is 11.7. The highest BCUT2D eigenvalue weighted by atomic mass is 35.5. The first-order chi connectivity index (χ1) is 8.69. The van der Waals surface area contributed by atoms with Crippen LogP contribution in [-0.2, 0) is 10.0 Å². The monoisotopic (exact) mass is 307 g/mol. The number of methoxy groups -OCH3 is 1. The Morgan fingerprint density at radius 1 is 1.42 bits per heavy atom. The Kier molecular flexibility index (Phi) is 4.65. The summed E-state index contributed by atoms with van der Waals surface area (Å²) in [6.45, 7) is 3.03. The summed E-state index contributed by atoms with van der Waals surface area (Å²) in [5.41, 5.74) is -0.0581. The van der Waals surface area contributed by atoms with Crippen molar-refractivity contribution >= 4 is 33.3 Å². The standard InChI is InChI=1S/C11H14ClNO5S/c1-6(2)19(16,17)13-9-5-10(18-3)7(11(14)15)4-8(9)12/h4-6,13H,1-3H3,(H,14,15). The van der Waals surface area contributed by atoms with Crippen molar-refractivity contribution in [1.82, 2.24) is 0 Å². The highest BCUT2D eigenvalue weighted by molar-refractivity contribution is 7.93. The molecule has 0 aliphatic carbocycles. The lowest BCUT2D eigenvalue weighted by Gasteiger charge is -2.14. The van der Waals surface area contributed by atoms with Gasteiger partial charge in [0.1, 0.15) is 11.3 Å². The first-order valence-electron chi connectivity index (χ1n) is 5.31. The molecule has 0 bridgehead atoms. The molecule has 1 rings (SSSR count). The minimum Gasteiger partial charge on any atom is -0.496 e. The zero-order chi connectivity index (χ0) is 14.8. The molecular weight excluding hydrogens is 294 g/mol. The van der Waals surface area contributed by atoms with E-state index in [9.17, 15) is 13.2 Å². The topological polar surface area (TPSA) is 92.7 Å². The molecule has 0 aliphatic rings. The second-order valence-electron chi connectivity index (χ2n) is 4.03. The molecule has 0 saturated carbocycles. The van der Waals surface area contributed by atoms with Crippen LogP contribution in [0.3, 0.4) is 0 Å². The third kappa shape index (κ3) is 3.51. The lowest BCUT2D eigenvalue weighted by Crippen LogP contribution is -2.22. The van der Waals surface area contributed by atoms with Crippen LogP contribution in [0.4, 0.5) is 5.69 Å². The van der Waals surface area contributed by atoms with Gasteiger partial charge in [0.15, 0.2) is 0 Å². The largest absolute Gasteiger partial charge is 0.496 e. The number of halogens is 1. The number of carbonyl (C=O) groups is 1. The summed E-state index contributed by atoms with van der Waals surface area (Å²) >= 11 is 5.87. The number of hydrogen-bond donors (Lipinski definition) is 2. The molecule has 6 nitrogen and oxygen atoms in total. The van der Waals surface area contributed by atoms with E-state index in [1.807, 2.05) is 0 Å². The van der Waals surface area contributed by atoms with Gasteiger partial charge in [-0.3, -0.25) is 4.72 Å². The maximum absolute atomic E-state index is 11.7. The van der Waals surface area contributed by atoms with Gasteiger partial charge in [-0.25, -0.2) is 13.2 Å². The van der Waals surface area contributed by atoms with Crippen LogP contribution in [0.5, 0.6) is 5.75 Å². The van der Waals surface area contributed by atoms with Crippen LogP contribution in [0.25, 0.3) is 0 Å². The molecule has 1 aromatic carbocycles. The Bertz CT molecular complexity index is 597. The molecule has 106 valence electrons. The van der Waals surface area contributed by atoms with Gasteiger partial charge in [-0.1, -0.05) is 11.6 Å². The number of anilines is 1. The molecule has 0 atom stereocenters. The summed E-state index contributed by atoms with van der Waals surface area (Å²) in [7, 11) is -2.28. The van der Waals surface area contributed by atoms with Crippen LogP contribution in [0.15, 0.2) is 12.1 Å². The van der Waals surface area contributed by atoms with Crippen molar-refractivity contribution in [2.75, 3.05) is 11.8 Å². The summed E-state index contributed by atoms with van der Waals surface area (Å²) in [6.07, 6.45) is 0. The molecule has 19 heavy (non-hydrogen) atoms. The third-order valence-corrected chi connectivity index (χ3v) is 4.45. The number of aromatic carboxylic acids is 1. The third-order valence-electron chi connectivity index (χ3n) is 2.39. The molecular formula is C11H14ClNO5S. The number of sulfonamides is 1. The van der Waals surface area contributed by atoms with Crippen LogP contribution in [0.1, 0.15) is 24.2 Å². The summed E-state index contributed by atoms with van der Waals surface area (Å²) in [6, 6.07) is 2.38. The van der Waals surface area contributed by atoms with E-state index >= 15 is 0 Å². The van der Waals surface area contributed by atoms with Crippen LogP contribution in [0.2, 0.25) is 5.02 Å². The van der Waals surface area contributed by atoms with Gasteiger partial charge in [0.2, 0.25) is 10.0 Å². The molecule has 0 aromatic heterocycles. The van der Waals surface area contributed by atoms with Crippen LogP contribution >= 0.6 is 11.6 Å². The maximum Gasteiger partial charge on any atom is 0.339 e. The highest BCUT2D eigenvalue weighted by Gasteiger charge is 2.20. The summed E-state index contributed by atoms with van der Waals surface area (Å²) in [4.78, 5) is 11.0. The van der Waals surface area contributed by atoms with Crippen molar-refractivity contribution in [3.8, 4) is 5.75 Å². The van der Waals surface area contributed by atoms with E-state index in [2.05, 4.69) is 4.72 Å². The van der Waals surface area contributed by atoms with Crippen LogP contribution in [0, 0.1) is 0 Å². The predicted molar refractivity (Wildman–Crippen MR) is 72.6 cm³/mol. The molecule has 0 heterocycles. The van der Waals surface area contributed by atoms with E-state index in [0.717, 1.165) is 6.07 Å². The molecule has 0 fully saturated rings. The zero-order valence-corrected chi connectivity index (χ0v) is 12.2. The van der Waals surface area contributed by atoms with E-state index in [1.165, 1.54) is 27.0 Å². The lowest BCUT2D eigenvalue weighted by atomic mass is 10.2. The van der Waals surface area contributed by atoms with Gasteiger partial charge < -0.3 is 9.84 Å². The second kappa shape index (κ2) is 5.66. The SMILES string of the molecule is COc1cc(NS(=O)(=O)C(C)C)c(Cl)cc1C(=O)O. The molecule has 0 spiro atoms. The fourth-order valence-electron chi connectivity index (χ4n) is 1.24. The normalized spacial score (nSPS) is 11.4. The summed E-state index contributed by atoms with van der Waals surface area (Å²) in [5, 5.41) is 8.30. The van der Waals surface area contributed by atoms with Crippen molar-refractivity contribution in [2.24, 2.45) is 0 Å². The van der Waals surface area contributed by atoms with Crippen molar-refractivity contribution < 1.29 is 23.1 Å². The molecule has 2 N–H and O–H groups in total. The first kappa shape index (κ1) is 15.6. The Morgan fingerprint density at radius 2 is 2.00 bits per heavy atom. The van der Waals surface area contributed by atoms with Crippen molar-refractivity contribution in [3.05, 3.63) is 22.7 Å². The van der Waals surface area contributed by atoms with Crippen molar-refractivity contribution in [3.63, 3.8) is 0 Å². The minimum absolute atomic E-state index is 0.0116. The minimum atomic E-state index is -3.57. The summed E-state index contributed by atoms with van der Waals surface area (Å²) in [5.74, 6) is -1.18. The molecule has 1 aromatic rings. The number of rotatable bonds is 5. The van der Waals surface area contributed by atoms with Gasteiger partial charge in [-0.15, -0.1) is 0 Å². The fraction of sp³-hybridized carbons (Fsp3) is 0.364. The molecule has 0 unspecified atom stereocenters. The lowest BCUT2D eigenvalue weighted by molar-refractivity contribution is 0.0693. The van der Waals surface area contributed by atoms with E-state index < -0.39 is 21.2 Å². The second-order valence-corrected chi connectivity index (χ2v) is 6.68. The van der Waals surface area contributed by atoms with Gasteiger partial charge in [-0.2, -0.15) is 0 Å². The van der Waals surface area contributed by atoms with E-state index in [-0.39, 0.29) is 22.0 Å². The van der Waals surface area contributed by atoms with Crippen LogP contribution in [-0.4, -0.2) is 31.9 Å². The fourth-order valence-corrected chi connectivity index (χ4v) is 2.22. The number of carboxylic acid groups (broad SMARTS) is 1. The molecule has 0 saturated heterocycles. The van der Waals surface area contributed by atoms with Gasteiger partial charge in [0, 0.05) is 6.07 Å². The Labute approximate surface area is 116 Å². The van der Waals surface area contributed by atoms with Crippen molar-refractivity contribution in [1.29, 1.82) is 0 Å². The smallest absolute Gasteiger partial charge is 0.339 e. The van der Waals surface area contributed by atoms with Gasteiger partial charge >= 0.3 is 5.97 Å². The number of benzene rings is 1. The van der Waals surface area contributed by atoms with Gasteiger partial charge in [0.05, 0.1) is 23.1 Å². The quantitative estimate of drug-likeness (QED) is 0.870. The predicted octanol–water partition coefficient (Wildman–Crippen LogP) is 2.20. The van der Waals surface area contributed by atoms with Gasteiger partial charge in [-0.05, 0) is 19.9 Å². The molecule has 0 radical (unpaired) electrons. The van der Waals surface area contributed by atoms with Crippen LogP contribution < -0.4 is 9.46 Å². The van der Waals surface area contributed by atoms with E-state index in [1.54, 1.807) is 0 Å². The van der Waals surface area contributed by atoms with Crippen molar-refractivity contribution in [2.45, 2.75) is 19.1 Å². The van der Waals surface area contributed by atoms with E-state index in [4.69, 9.17) is 21.4 Å². The first-order valence-corrected chi connectivity index (χ1v) is 7.24. The van der Waals surface area contributed by atoms with Gasteiger partial charge in [0.25, 0.3) is 0 Å². The molecule has 0 aliphatic heterocycles. The highest BCUT2D eigenvalue weighted by Crippen LogP contribution is 2.32. The average Bonchev–Trinajstić information content (AvgIpc) is 2.30. The number of nitrogens with one attached hydrogen (secondary N) is 1. The number of carboxylic acids is 1.